The normalized spacial score (nSPS) is 16.0. The highest BCUT2D eigenvalue weighted by Gasteiger charge is 2.41. The lowest BCUT2D eigenvalue weighted by Crippen LogP contribution is -2.44. The van der Waals surface area contributed by atoms with E-state index in [-0.39, 0.29) is 23.0 Å². The molecule has 1 aliphatic heterocycles. The molecule has 3 aromatic carbocycles. The summed E-state index contributed by atoms with van der Waals surface area (Å²) < 4.78 is 96.8. The van der Waals surface area contributed by atoms with Gasteiger partial charge in [-0.15, -0.1) is 0 Å². The molecule has 0 radical (unpaired) electrons. The molecule has 5 rings (SSSR count). The maximum absolute atomic E-state index is 14.7. The van der Waals surface area contributed by atoms with E-state index in [0.29, 0.717) is 17.8 Å². The van der Waals surface area contributed by atoms with Gasteiger partial charge < -0.3 is 15.3 Å². The summed E-state index contributed by atoms with van der Waals surface area (Å²) >= 11 is 0. The number of hydrazine groups is 1. The third kappa shape index (κ3) is 5.15. The zero-order valence-corrected chi connectivity index (χ0v) is 20.6. The number of benzene rings is 3. The minimum Gasteiger partial charge on any atom is -0.494 e. The number of aromatic nitrogens is 1. The van der Waals surface area contributed by atoms with Gasteiger partial charge in [-0.2, -0.15) is 26.3 Å². The van der Waals surface area contributed by atoms with Crippen molar-refractivity contribution >= 4 is 17.5 Å². The van der Waals surface area contributed by atoms with Crippen molar-refractivity contribution in [1.29, 1.82) is 0 Å². The van der Waals surface area contributed by atoms with Crippen molar-refractivity contribution in [1.82, 2.24) is 4.57 Å². The van der Waals surface area contributed by atoms with E-state index in [0.717, 1.165) is 15.6 Å². The Kier molecular flexibility index (Phi) is 6.85. The molecule has 0 amide bonds. The smallest absolute Gasteiger partial charge is 0.416 e. The Balaban J connectivity index is 1.67. The number of aliphatic hydroxyl groups excluding tert-OH is 1. The monoisotopic (exact) mass is 579 g/mol. The van der Waals surface area contributed by atoms with Crippen LogP contribution in [0.15, 0.2) is 78.9 Å². The summed E-state index contributed by atoms with van der Waals surface area (Å²) in [6, 6.07) is 12.4. The lowest BCUT2D eigenvalue weighted by Gasteiger charge is -2.37. The van der Waals surface area contributed by atoms with Crippen molar-refractivity contribution in [3.63, 3.8) is 0 Å². The molecule has 13 heteroatoms. The van der Waals surface area contributed by atoms with E-state index in [2.05, 4.69) is 5.43 Å². The van der Waals surface area contributed by atoms with Crippen LogP contribution in [-0.4, -0.2) is 25.9 Å². The molecule has 0 fully saturated rings. The molecule has 0 aliphatic carbocycles. The quantitative estimate of drug-likeness (QED) is 0.191. The second kappa shape index (κ2) is 10.1. The first-order valence-corrected chi connectivity index (χ1v) is 12.0. The molecule has 0 bridgehead atoms. The Hall–Kier alpha value is -4.65. The van der Waals surface area contributed by atoms with Gasteiger partial charge in [0, 0.05) is 0 Å². The van der Waals surface area contributed by atoms with Crippen LogP contribution in [0.3, 0.4) is 0 Å². The summed E-state index contributed by atoms with van der Waals surface area (Å²) in [6.45, 7) is 0. The molecule has 2 atom stereocenters. The number of rotatable bonds is 5. The number of aliphatic hydroxyl groups is 1. The molecule has 4 N–H and O–H groups in total. The van der Waals surface area contributed by atoms with Crippen molar-refractivity contribution in [2.45, 2.75) is 24.5 Å². The van der Waals surface area contributed by atoms with Gasteiger partial charge in [-0.05, 0) is 54.1 Å². The Bertz CT molecular complexity index is 1580. The highest BCUT2D eigenvalue weighted by Crippen LogP contribution is 2.48. The molecule has 6 nitrogen and oxygen atoms in total. The highest BCUT2D eigenvalue weighted by molar-refractivity contribution is 5.84. The Morgan fingerprint density at radius 1 is 0.780 bits per heavy atom. The summed E-state index contributed by atoms with van der Waals surface area (Å²) in [7, 11) is 0. The Morgan fingerprint density at radius 3 is 1.95 bits per heavy atom. The maximum Gasteiger partial charge on any atom is 0.416 e. The van der Waals surface area contributed by atoms with Crippen LogP contribution in [0.1, 0.15) is 28.4 Å². The first-order chi connectivity index (χ1) is 19.3. The third-order valence-electron chi connectivity index (χ3n) is 6.53. The van der Waals surface area contributed by atoms with Crippen LogP contribution in [0, 0.1) is 5.82 Å². The number of nitrogens with one attached hydrogen (secondary N) is 1. The molecule has 1 aliphatic rings. The number of halogens is 7. The van der Waals surface area contributed by atoms with Gasteiger partial charge in [0.25, 0.3) is 0 Å². The van der Waals surface area contributed by atoms with Crippen LogP contribution in [0.5, 0.6) is 11.8 Å². The fourth-order valence-electron chi connectivity index (χ4n) is 4.60. The number of para-hydroxylation sites is 2. The third-order valence-corrected chi connectivity index (χ3v) is 6.53. The van der Waals surface area contributed by atoms with Crippen molar-refractivity contribution in [2.24, 2.45) is 0 Å². The minimum absolute atomic E-state index is 0.0151. The molecule has 2 heterocycles. The maximum atomic E-state index is 14.7. The lowest BCUT2D eigenvalue weighted by molar-refractivity contribution is -0.143. The zero-order valence-electron chi connectivity index (χ0n) is 20.6. The fraction of sp³-hybridized carbons (Fsp3) is 0.143. The van der Waals surface area contributed by atoms with Gasteiger partial charge in [0.1, 0.15) is 17.6 Å². The summed E-state index contributed by atoms with van der Waals surface area (Å²) in [4.78, 5) is 0. The van der Waals surface area contributed by atoms with Crippen molar-refractivity contribution in [3.05, 3.63) is 107 Å². The predicted molar refractivity (Wildman–Crippen MR) is 136 cm³/mol. The second-order valence-corrected chi connectivity index (χ2v) is 9.18. The number of hydrogen-bond donors (Lipinski definition) is 4. The standard InChI is InChI=1S/C28H20F7N3O3/c29-20-8-4-5-9-21(20)36-38-22(24(39)15-12-16(27(30,31)32)14-17(13-15)28(33,34)35)11-10-19-23(38)26(41)37(25(19)40)18-6-2-1-3-7-18/h1-14,22,24,36,39-41H. The molecular formula is C28H20F7N3O3. The Labute approximate surface area is 227 Å². The predicted octanol–water partition coefficient (Wildman–Crippen LogP) is 7.03. The van der Waals surface area contributed by atoms with Crippen molar-refractivity contribution < 1.29 is 46.1 Å². The zero-order chi connectivity index (χ0) is 29.7. The van der Waals surface area contributed by atoms with Gasteiger partial charge in [0.15, 0.2) is 0 Å². The number of anilines is 2. The van der Waals surface area contributed by atoms with Gasteiger partial charge in [-0.3, -0.25) is 10.4 Å². The molecule has 0 saturated heterocycles. The SMILES string of the molecule is Oc1c2c(c(O)n1-c1ccccc1)N(Nc1ccccc1F)C(C(O)c1cc(C(F)(F)F)cc(C(F)(F)F)c1)C=C2. The van der Waals surface area contributed by atoms with Gasteiger partial charge in [0.2, 0.25) is 11.8 Å². The van der Waals surface area contributed by atoms with Gasteiger partial charge in [-0.25, -0.2) is 8.96 Å². The number of hydrogen-bond acceptors (Lipinski definition) is 5. The van der Waals surface area contributed by atoms with Gasteiger partial charge >= 0.3 is 12.4 Å². The summed E-state index contributed by atoms with van der Waals surface area (Å²) in [5, 5.41) is 34.4. The van der Waals surface area contributed by atoms with E-state index in [9.17, 15) is 46.1 Å². The molecular weight excluding hydrogens is 559 g/mol. The number of alkyl halides is 6. The molecule has 214 valence electrons. The number of fused-ring (bicyclic) bond motifs is 1. The van der Waals surface area contributed by atoms with Crippen LogP contribution < -0.4 is 10.4 Å². The first-order valence-electron chi connectivity index (χ1n) is 12.0. The van der Waals surface area contributed by atoms with Crippen LogP contribution in [0.2, 0.25) is 0 Å². The molecule has 2 unspecified atom stereocenters. The van der Waals surface area contributed by atoms with Crippen LogP contribution in [0.25, 0.3) is 11.8 Å². The largest absolute Gasteiger partial charge is 0.494 e. The number of nitrogens with zero attached hydrogens (tertiary/aromatic N) is 2. The van der Waals surface area contributed by atoms with E-state index in [1.165, 1.54) is 30.4 Å². The average Bonchev–Trinajstić information content (AvgIpc) is 3.18. The fourth-order valence-corrected chi connectivity index (χ4v) is 4.60. The minimum atomic E-state index is -5.16. The van der Waals surface area contributed by atoms with Crippen molar-refractivity contribution in [2.75, 3.05) is 10.4 Å². The van der Waals surface area contributed by atoms with E-state index < -0.39 is 58.8 Å². The summed E-state index contributed by atoms with van der Waals surface area (Å²) in [6.07, 6.45) is -9.94. The summed E-state index contributed by atoms with van der Waals surface area (Å²) in [5.41, 5.74) is -1.48. The van der Waals surface area contributed by atoms with Crippen LogP contribution >= 0.6 is 0 Å². The van der Waals surface area contributed by atoms with Crippen LogP contribution in [0.4, 0.5) is 42.1 Å². The van der Waals surface area contributed by atoms with Gasteiger partial charge in [0.05, 0.1) is 34.1 Å². The van der Waals surface area contributed by atoms with E-state index in [4.69, 9.17) is 0 Å². The topological polar surface area (TPSA) is 80.9 Å². The van der Waals surface area contributed by atoms with E-state index >= 15 is 0 Å². The van der Waals surface area contributed by atoms with Crippen LogP contribution in [-0.2, 0) is 12.4 Å². The van der Waals surface area contributed by atoms with E-state index in [1.54, 1.807) is 30.3 Å². The Morgan fingerprint density at radius 2 is 1.37 bits per heavy atom. The van der Waals surface area contributed by atoms with Crippen molar-refractivity contribution in [3.8, 4) is 17.4 Å². The number of aromatic hydroxyl groups is 2. The second-order valence-electron chi connectivity index (χ2n) is 9.18. The molecule has 0 spiro atoms. The summed E-state index contributed by atoms with van der Waals surface area (Å²) in [5.74, 6) is -1.86. The molecule has 4 aromatic rings. The average molecular weight is 579 g/mol. The first kappa shape index (κ1) is 27.9. The van der Waals surface area contributed by atoms with Gasteiger partial charge in [-0.1, -0.05) is 36.4 Å². The molecule has 41 heavy (non-hydrogen) atoms. The lowest BCUT2D eigenvalue weighted by atomic mass is 9.94. The molecule has 0 saturated carbocycles. The highest BCUT2D eigenvalue weighted by atomic mass is 19.4. The molecule has 1 aromatic heterocycles. The van der Waals surface area contributed by atoms with E-state index in [1.807, 2.05) is 0 Å².